The first-order valence-corrected chi connectivity index (χ1v) is 4.34. The summed E-state index contributed by atoms with van der Waals surface area (Å²) in [4.78, 5) is 4.09. The van der Waals surface area contributed by atoms with Gasteiger partial charge in [0.05, 0.1) is 0 Å². The molecular formula is C9H10N4O. The van der Waals surface area contributed by atoms with Gasteiger partial charge in [0.1, 0.15) is 5.69 Å². The van der Waals surface area contributed by atoms with Crippen LogP contribution in [0, 0.1) is 0 Å². The molecule has 0 aliphatic carbocycles. The molecule has 0 unspecified atom stereocenters. The van der Waals surface area contributed by atoms with Gasteiger partial charge in [-0.2, -0.15) is 0 Å². The first-order chi connectivity index (χ1) is 6.90. The van der Waals surface area contributed by atoms with Crippen LogP contribution in [0.4, 0.5) is 0 Å². The average Bonchev–Trinajstić information content (AvgIpc) is 2.68. The Morgan fingerprint density at radius 1 is 1.29 bits per heavy atom. The predicted octanol–water partition coefficient (Wildman–Crippen LogP) is 0.633. The standard InChI is InChI=1S/C9H10N4O/c10-5-4-8-12-13-9(14-8)7-3-1-2-6-11-7/h1-3,6H,4-5,10H2. The van der Waals surface area contributed by atoms with Crippen molar-refractivity contribution in [2.45, 2.75) is 6.42 Å². The summed E-state index contributed by atoms with van der Waals surface area (Å²) in [5.41, 5.74) is 6.05. The lowest BCUT2D eigenvalue weighted by Gasteiger charge is -1.90. The van der Waals surface area contributed by atoms with Crippen LogP contribution in [0.15, 0.2) is 28.8 Å². The molecule has 5 nitrogen and oxygen atoms in total. The molecule has 0 aliphatic rings. The fourth-order valence-electron chi connectivity index (χ4n) is 1.07. The number of hydrogen-bond acceptors (Lipinski definition) is 5. The summed E-state index contributed by atoms with van der Waals surface area (Å²) in [6.07, 6.45) is 2.28. The maximum atomic E-state index is 5.37. The third-order valence-electron chi connectivity index (χ3n) is 1.71. The fraction of sp³-hybridized carbons (Fsp3) is 0.222. The highest BCUT2D eigenvalue weighted by Crippen LogP contribution is 2.13. The van der Waals surface area contributed by atoms with Crippen LogP contribution in [0.2, 0.25) is 0 Å². The summed E-state index contributed by atoms with van der Waals surface area (Å²) < 4.78 is 5.35. The van der Waals surface area contributed by atoms with Crippen molar-refractivity contribution in [2.75, 3.05) is 6.54 Å². The fourth-order valence-corrected chi connectivity index (χ4v) is 1.07. The molecule has 72 valence electrons. The summed E-state index contributed by atoms with van der Waals surface area (Å²) in [5, 5.41) is 7.72. The highest BCUT2D eigenvalue weighted by Gasteiger charge is 2.07. The van der Waals surface area contributed by atoms with E-state index in [0.717, 1.165) is 0 Å². The van der Waals surface area contributed by atoms with Gasteiger partial charge >= 0.3 is 0 Å². The van der Waals surface area contributed by atoms with E-state index in [1.165, 1.54) is 0 Å². The maximum Gasteiger partial charge on any atom is 0.266 e. The quantitative estimate of drug-likeness (QED) is 0.768. The van der Waals surface area contributed by atoms with Crippen molar-refractivity contribution < 1.29 is 4.42 Å². The van der Waals surface area contributed by atoms with Crippen LogP contribution >= 0.6 is 0 Å². The third-order valence-corrected chi connectivity index (χ3v) is 1.71. The average molecular weight is 190 g/mol. The molecule has 2 heterocycles. The number of pyridine rings is 1. The molecule has 0 saturated heterocycles. The van der Waals surface area contributed by atoms with Gasteiger partial charge in [0, 0.05) is 19.2 Å². The van der Waals surface area contributed by atoms with Crippen LogP contribution in [-0.2, 0) is 6.42 Å². The van der Waals surface area contributed by atoms with Crippen molar-refractivity contribution in [3.63, 3.8) is 0 Å². The van der Waals surface area contributed by atoms with Gasteiger partial charge in [-0.1, -0.05) is 6.07 Å². The predicted molar refractivity (Wildman–Crippen MR) is 50.3 cm³/mol. The van der Waals surface area contributed by atoms with E-state index >= 15 is 0 Å². The topological polar surface area (TPSA) is 77.8 Å². The third kappa shape index (κ3) is 1.77. The van der Waals surface area contributed by atoms with Crippen LogP contribution in [0.5, 0.6) is 0 Å². The van der Waals surface area contributed by atoms with Gasteiger partial charge in [-0.25, -0.2) is 0 Å². The molecular weight excluding hydrogens is 180 g/mol. The Bertz CT molecular complexity index is 398. The Labute approximate surface area is 81.0 Å². The second-order valence-corrected chi connectivity index (χ2v) is 2.75. The van der Waals surface area contributed by atoms with Gasteiger partial charge < -0.3 is 10.2 Å². The van der Waals surface area contributed by atoms with Gasteiger partial charge in [-0.3, -0.25) is 4.98 Å². The summed E-state index contributed by atoms with van der Waals surface area (Å²) in [5.74, 6) is 0.988. The molecule has 0 amide bonds. The number of nitrogens with zero attached hydrogens (tertiary/aromatic N) is 3. The lowest BCUT2D eigenvalue weighted by molar-refractivity contribution is 0.505. The number of rotatable bonds is 3. The molecule has 0 aliphatic heterocycles. The zero-order valence-electron chi connectivity index (χ0n) is 7.55. The number of hydrogen-bond donors (Lipinski definition) is 1. The minimum atomic E-state index is 0.439. The van der Waals surface area contributed by atoms with Crippen LogP contribution in [0.3, 0.4) is 0 Å². The maximum absolute atomic E-state index is 5.37. The molecule has 0 aromatic carbocycles. The molecule has 0 spiro atoms. The van der Waals surface area contributed by atoms with Crippen molar-refractivity contribution in [1.29, 1.82) is 0 Å². The summed E-state index contributed by atoms with van der Waals surface area (Å²) in [6.45, 7) is 0.504. The SMILES string of the molecule is NCCc1nnc(-c2ccccn2)o1. The summed E-state index contributed by atoms with van der Waals surface area (Å²) in [6, 6.07) is 5.52. The van der Waals surface area contributed by atoms with E-state index in [4.69, 9.17) is 10.2 Å². The van der Waals surface area contributed by atoms with Gasteiger partial charge in [-0.05, 0) is 12.1 Å². The Morgan fingerprint density at radius 2 is 2.21 bits per heavy atom. The molecule has 2 rings (SSSR count). The van der Waals surface area contributed by atoms with E-state index in [0.29, 0.717) is 30.4 Å². The molecule has 2 N–H and O–H groups in total. The molecule has 2 aromatic heterocycles. The second-order valence-electron chi connectivity index (χ2n) is 2.75. The van der Waals surface area contributed by atoms with Crippen molar-refractivity contribution in [1.82, 2.24) is 15.2 Å². The van der Waals surface area contributed by atoms with Crippen molar-refractivity contribution >= 4 is 0 Å². The monoisotopic (exact) mass is 190 g/mol. The molecule has 0 radical (unpaired) electrons. The molecule has 2 aromatic rings. The van der Waals surface area contributed by atoms with Gasteiger partial charge in [0.2, 0.25) is 5.89 Å². The van der Waals surface area contributed by atoms with Gasteiger partial charge in [0.15, 0.2) is 0 Å². The Balaban J connectivity index is 2.25. The Kier molecular flexibility index (Phi) is 2.51. The minimum Gasteiger partial charge on any atom is -0.419 e. The van der Waals surface area contributed by atoms with Crippen LogP contribution in [0.1, 0.15) is 5.89 Å². The van der Waals surface area contributed by atoms with Crippen molar-refractivity contribution in [3.8, 4) is 11.6 Å². The lowest BCUT2D eigenvalue weighted by Crippen LogP contribution is -2.02. The Hall–Kier alpha value is -1.75. The number of nitrogens with two attached hydrogens (primary N) is 1. The summed E-state index contributed by atoms with van der Waals surface area (Å²) in [7, 11) is 0. The van der Waals surface area contributed by atoms with Crippen LogP contribution < -0.4 is 5.73 Å². The van der Waals surface area contributed by atoms with E-state index < -0.39 is 0 Å². The Morgan fingerprint density at radius 3 is 2.93 bits per heavy atom. The van der Waals surface area contributed by atoms with Crippen molar-refractivity contribution in [2.24, 2.45) is 5.73 Å². The van der Waals surface area contributed by atoms with Gasteiger partial charge in [0.25, 0.3) is 5.89 Å². The minimum absolute atomic E-state index is 0.439. The largest absolute Gasteiger partial charge is 0.419 e. The van der Waals surface area contributed by atoms with E-state index in [-0.39, 0.29) is 0 Å². The smallest absolute Gasteiger partial charge is 0.266 e. The lowest BCUT2D eigenvalue weighted by atomic mass is 10.3. The van der Waals surface area contributed by atoms with E-state index in [9.17, 15) is 0 Å². The highest BCUT2D eigenvalue weighted by molar-refractivity contribution is 5.44. The molecule has 14 heavy (non-hydrogen) atoms. The molecule has 0 bridgehead atoms. The number of aromatic nitrogens is 3. The first kappa shape index (κ1) is 8.83. The molecule has 5 heteroatoms. The molecule has 0 atom stereocenters. The molecule has 0 fully saturated rings. The zero-order valence-corrected chi connectivity index (χ0v) is 7.55. The van der Waals surface area contributed by atoms with Crippen LogP contribution in [0.25, 0.3) is 11.6 Å². The van der Waals surface area contributed by atoms with Crippen molar-refractivity contribution in [3.05, 3.63) is 30.3 Å². The van der Waals surface area contributed by atoms with E-state index in [1.54, 1.807) is 6.20 Å². The zero-order chi connectivity index (χ0) is 9.80. The first-order valence-electron chi connectivity index (χ1n) is 4.34. The molecule has 0 saturated carbocycles. The summed E-state index contributed by atoms with van der Waals surface area (Å²) >= 11 is 0. The van der Waals surface area contributed by atoms with Gasteiger partial charge in [-0.15, -0.1) is 10.2 Å². The van der Waals surface area contributed by atoms with Crippen LogP contribution in [-0.4, -0.2) is 21.7 Å². The second kappa shape index (κ2) is 3.97. The van der Waals surface area contributed by atoms with E-state index in [1.807, 2.05) is 18.2 Å². The van der Waals surface area contributed by atoms with E-state index in [2.05, 4.69) is 15.2 Å². The highest BCUT2D eigenvalue weighted by atomic mass is 16.4. The normalized spacial score (nSPS) is 10.4.